The Morgan fingerprint density at radius 1 is 1.43 bits per heavy atom. The van der Waals surface area contributed by atoms with Crippen LogP contribution in [0, 0.1) is 0 Å². The Bertz CT molecular complexity index is 299. The molecular weight excluding hydrogens is 214 g/mol. The third-order valence-electron chi connectivity index (χ3n) is 2.94. The van der Waals surface area contributed by atoms with Crippen molar-refractivity contribution in [2.24, 2.45) is 0 Å². The molecule has 3 heteroatoms. The van der Waals surface area contributed by atoms with Crippen molar-refractivity contribution in [3.8, 4) is 0 Å². The van der Waals surface area contributed by atoms with Crippen molar-refractivity contribution in [2.75, 3.05) is 6.26 Å². The van der Waals surface area contributed by atoms with Gasteiger partial charge in [-0.05, 0) is 43.1 Å². The van der Waals surface area contributed by atoms with Gasteiger partial charge >= 0.3 is 0 Å². The number of halogens is 1. The molecule has 1 fully saturated rings. The number of nitrogens with zero attached hydrogens (tertiary/aromatic N) is 1. The number of aromatic nitrogens is 1. The van der Waals surface area contributed by atoms with Gasteiger partial charge in [-0.2, -0.15) is 11.8 Å². The van der Waals surface area contributed by atoms with E-state index in [1.165, 1.54) is 24.8 Å². The topological polar surface area (TPSA) is 12.9 Å². The first-order valence-electron chi connectivity index (χ1n) is 4.94. The Morgan fingerprint density at radius 2 is 2.29 bits per heavy atom. The standard InChI is InChI=1S/C11H14ClNS/c1-14-10-4-2-8(6-10)9-3-5-11(12)13-7-9/h3,5,7-8,10H,2,4,6H2,1H3. The Hall–Kier alpha value is -0.210. The normalized spacial score (nSPS) is 26.7. The summed E-state index contributed by atoms with van der Waals surface area (Å²) in [7, 11) is 0. The Morgan fingerprint density at radius 3 is 2.86 bits per heavy atom. The molecule has 2 atom stereocenters. The minimum atomic E-state index is 0.591. The molecule has 0 bridgehead atoms. The minimum absolute atomic E-state index is 0.591. The van der Waals surface area contributed by atoms with E-state index in [4.69, 9.17) is 11.6 Å². The SMILES string of the molecule is CSC1CCC(c2ccc(Cl)nc2)C1. The number of thioether (sulfide) groups is 1. The molecule has 1 saturated carbocycles. The van der Waals surface area contributed by atoms with Crippen LogP contribution in [-0.4, -0.2) is 16.5 Å². The third-order valence-corrected chi connectivity index (χ3v) is 4.26. The second kappa shape index (κ2) is 4.54. The monoisotopic (exact) mass is 227 g/mol. The van der Waals surface area contributed by atoms with Crippen LogP contribution in [0.5, 0.6) is 0 Å². The number of hydrogen-bond donors (Lipinski definition) is 0. The van der Waals surface area contributed by atoms with Crippen molar-refractivity contribution in [3.63, 3.8) is 0 Å². The van der Waals surface area contributed by atoms with Crippen molar-refractivity contribution in [2.45, 2.75) is 30.4 Å². The quantitative estimate of drug-likeness (QED) is 0.714. The molecule has 1 heterocycles. The van der Waals surface area contributed by atoms with Gasteiger partial charge in [0, 0.05) is 11.4 Å². The highest BCUT2D eigenvalue weighted by Gasteiger charge is 2.25. The summed E-state index contributed by atoms with van der Waals surface area (Å²) in [6, 6.07) is 4.01. The van der Waals surface area contributed by atoms with Crippen molar-refractivity contribution < 1.29 is 0 Å². The zero-order valence-electron chi connectivity index (χ0n) is 8.24. The van der Waals surface area contributed by atoms with Crippen LogP contribution < -0.4 is 0 Å². The molecule has 0 N–H and O–H groups in total. The molecule has 0 radical (unpaired) electrons. The lowest BCUT2D eigenvalue weighted by atomic mass is 10.00. The smallest absolute Gasteiger partial charge is 0.129 e. The van der Waals surface area contributed by atoms with E-state index in [2.05, 4.69) is 17.3 Å². The van der Waals surface area contributed by atoms with Crippen LogP contribution in [-0.2, 0) is 0 Å². The second-order valence-electron chi connectivity index (χ2n) is 3.78. The zero-order valence-corrected chi connectivity index (χ0v) is 9.81. The maximum absolute atomic E-state index is 5.76. The first kappa shape index (κ1) is 10.3. The van der Waals surface area contributed by atoms with Gasteiger partial charge < -0.3 is 0 Å². The maximum atomic E-state index is 5.76. The van der Waals surface area contributed by atoms with Gasteiger partial charge in [0.1, 0.15) is 5.15 Å². The molecule has 1 aliphatic carbocycles. The highest BCUT2D eigenvalue weighted by molar-refractivity contribution is 7.99. The van der Waals surface area contributed by atoms with Gasteiger partial charge in [-0.3, -0.25) is 0 Å². The summed E-state index contributed by atoms with van der Waals surface area (Å²) in [5.74, 6) is 0.706. The summed E-state index contributed by atoms with van der Waals surface area (Å²) >= 11 is 7.75. The average molecular weight is 228 g/mol. The van der Waals surface area contributed by atoms with Gasteiger partial charge in [0.25, 0.3) is 0 Å². The molecule has 0 saturated heterocycles. The molecule has 1 aliphatic rings. The number of rotatable bonds is 2. The summed E-state index contributed by atoms with van der Waals surface area (Å²) in [5.41, 5.74) is 1.35. The largest absolute Gasteiger partial charge is 0.244 e. The van der Waals surface area contributed by atoms with Crippen LogP contribution in [0.25, 0.3) is 0 Å². The van der Waals surface area contributed by atoms with Gasteiger partial charge in [-0.15, -0.1) is 0 Å². The van der Waals surface area contributed by atoms with Gasteiger partial charge in [0.2, 0.25) is 0 Å². The summed E-state index contributed by atoms with van der Waals surface area (Å²) in [4.78, 5) is 4.13. The highest BCUT2D eigenvalue weighted by Crippen LogP contribution is 2.39. The molecule has 1 nitrogen and oxygen atoms in total. The van der Waals surface area contributed by atoms with Crippen molar-refractivity contribution in [3.05, 3.63) is 29.0 Å². The molecule has 0 amide bonds. The van der Waals surface area contributed by atoms with E-state index >= 15 is 0 Å². The first-order chi connectivity index (χ1) is 6.79. The van der Waals surface area contributed by atoms with E-state index < -0.39 is 0 Å². The molecule has 14 heavy (non-hydrogen) atoms. The van der Waals surface area contributed by atoms with E-state index in [0.717, 1.165) is 5.25 Å². The fraction of sp³-hybridized carbons (Fsp3) is 0.545. The zero-order chi connectivity index (χ0) is 9.97. The van der Waals surface area contributed by atoms with E-state index in [9.17, 15) is 0 Å². The molecule has 1 aromatic heterocycles. The molecule has 0 aromatic carbocycles. The van der Waals surface area contributed by atoms with Crippen LogP contribution in [0.4, 0.5) is 0 Å². The van der Waals surface area contributed by atoms with Crippen LogP contribution in [0.1, 0.15) is 30.7 Å². The summed E-state index contributed by atoms with van der Waals surface area (Å²) in [6.07, 6.45) is 8.07. The number of pyridine rings is 1. The maximum Gasteiger partial charge on any atom is 0.129 e. The molecule has 0 spiro atoms. The lowest BCUT2D eigenvalue weighted by molar-refractivity contribution is 0.721. The van der Waals surface area contributed by atoms with E-state index in [0.29, 0.717) is 11.1 Å². The van der Waals surface area contributed by atoms with Gasteiger partial charge in [-0.25, -0.2) is 4.98 Å². The lowest BCUT2D eigenvalue weighted by Gasteiger charge is -2.09. The lowest BCUT2D eigenvalue weighted by Crippen LogP contribution is -1.96. The van der Waals surface area contributed by atoms with Crippen LogP contribution >= 0.6 is 23.4 Å². The molecule has 76 valence electrons. The first-order valence-corrected chi connectivity index (χ1v) is 6.60. The van der Waals surface area contributed by atoms with Crippen molar-refractivity contribution in [1.29, 1.82) is 0 Å². The van der Waals surface area contributed by atoms with Gasteiger partial charge in [-0.1, -0.05) is 17.7 Å². The number of hydrogen-bond acceptors (Lipinski definition) is 2. The Kier molecular flexibility index (Phi) is 3.34. The average Bonchev–Trinajstić information content (AvgIpc) is 2.67. The van der Waals surface area contributed by atoms with Crippen LogP contribution in [0.3, 0.4) is 0 Å². The Labute approximate surface area is 94.3 Å². The fourth-order valence-corrected chi connectivity index (χ4v) is 2.99. The molecule has 2 unspecified atom stereocenters. The molecular formula is C11H14ClNS. The predicted molar refractivity (Wildman–Crippen MR) is 63.1 cm³/mol. The second-order valence-corrected chi connectivity index (χ2v) is 5.31. The highest BCUT2D eigenvalue weighted by atomic mass is 35.5. The summed E-state index contributed by atoms with van der Waals surface area (Å²) in [6.45, 7) is 0. The van der Waals surface area contributed by atoms with E-state index in [1.54, 1.807) is 0 Å². The molecule has 0 aliphatic heterocycles. The van der Waals surface area contributed by atoms with Gasteiger partial charge in [0.15, 0.2) is 0 Å². The van der Waals surface area contributed by atoms with Crippen LogP contribution in [0.15, 0.2) is 18.3 Å². The fourth-order valence-electron chi connectivity index (χ4n) is 2.09. The summed E-state index contributed by atoms with van der Waals surface area (Å²) < 4.78 is 0. The van der Waals surface area contributed by atoms with E-state index in [1.807, 2.05) is 24.0 Å². The van der Waals surface area contributed by atoms with E-state index in [-0.39, 0.29) is 0 Å². The van der Waals surface area contributed by atoms with Gasteiger partial charge in [0.05, 0.1) is 0 Å². The molecule has 1 aromatic rings. The van der Waals surface area contributed by atoms with Crippen molar-refractivity contribution in [1.82, 2.24) is 4.98 Å². The summed E-state index contributed by atoms with van der Waals surface area (Å²) in [5, 5.41) is 1.43. The van der Waals surface area contributed by atoms with Crippen LogP contribution in [0.2, 0.25) is 5.15 Å². The predicted octanol–water partition coefficient (Wildman–Crippen LogP) is 3.73. The minimum Gasteiger partial charge on any atom is -0.244 e. The molecule has 2 rings (SSSR count). The van der Waals surface area contributed by atoms with Crippen molar-refractivity contribution >= 4 is 23.4 Å². The Balaban J connectivity index is 2.06. The third kappa shape index (κ3) is 2.23.